The third kappa shape index (κ3) is 3.19. The number of hydrogen-bond acceptors (Lipinski definition) is 3. The molecule has 2 aromatic rings. The Morgan fingerprint density at radius 1 is 1.30 bits per heavy atom. The van der Waals surface area contributed by atoms with E-state index in [1.807, 2.05) is 0 Å². The van der Waals surface area contributed by atoms with E-state index in [1.165, 1.54) is 11.0 Å². The molecule has 1 aromatic carbocycles. The van der Waals surface area contributed by atoms with Gasteiger partial charge in [0.25, 0.3) is 5.91 Å². The molecular formula is C15H16FN3O. The molecule has 0 bridgehead atoms. The monoisotopic (exact) mass is 273 g/mol. The highest BCUT2D eigenvalue weighted by Crippen LogP contribution is 2.11. The number of aromatic nitrogens is 1. The van der Waals surface area contributed by atoms with E-state index >= 15 is 0 Å². The van der Waals surface area contributed by atoms with Gasteiger partial charge < -0.3 is 10.6 Å². The first-order valence-electron chi connectivity index (χ1n) is 6.25. The molecule has 2 N–H and O–H groups in total. The van der Waals surface area contributed by atoms with E-state index in [2.05, 4.69) is 4.98 Å². The molecular weight excluding hydrogens is 257 g/mol. The van der Waals surface area contributed by atoms with E-state index in [0.717, 1.165) is 5.56 Å². The molecule has 2 rings (SSSR count). The summed E-state index contributed by atoms with van der Waals surface area (Å²) in [6.45, 7) is 0.582. The molecule has 4 nitrogen and oxygen atoms in total. The molecule has 0 saturated carbocycles. The summed E-state index contributed by atoms with van der Waals surface area (Å²) in [6.07, 6.45) is 1.57. The van der Waals surface area contributed by atoms with E-state index in [4.69, 9.17) is 5.73 Å². The van der Waals surface area contributed by atoms with Gasteiger partial charge in [0.05, 0.1) is 0 Å². The zero-order chi connectivity index (χ0) is 14.5. The minimum Gasteiger partial charge on any atom is -0.336 e. The van der Waals surface area contributed by atoms with Crippen LogP contribution in [-0.4, -0.2) is 22.8 Å². The van der Waals surface area contributed by atoms with Crippen molar-refractivity contribution in [2.24, 2.45) is 5.73 Å². The van der Waals surface area contributed by atoms with Crippen molar-refractivity contribution in [3.05, 3.63) is 65.2 Å². The minimum absolute atomic E-state index is 0.200. The number of hydrogen-bond donors (Lipinski definition) is 1. The molecule has 5 heteroatoms. The molecule has 0 aliphatic carbocycles. The van der Waals surface area contributed by atoms with E-state index in [0.29, 0.717) is 17.8 Å². The molecule has 0 unspecified atom stereocenters. The second kappa shape index (κ2) is 6.25. The third-order valence-corrected chi connectivity index (χ3v) is 2.99. The molecule has 0 atom stereocenters. The average Bonchev–Trinajstić information content (AvgIpc) is 2.49. The maximum Gasteiger partial charge on any atom is 0.272 e. The van der Waals surface area contributed by atoms with E-state index in [1.54, 1.807) is 43.6 Å². The Morgan fingerprint density at radius 2 is 2.05 bits per heavy atom. The van der Waals surface area contributed by atoms with Crippen molar-refractivity contribution in [2.75, 3.05) is 7.05 Å². The minimum atomic E-state index is -0.321. The molecule has 20 heavy (non-hydrogen) atoms. The SMILES string of the molecule is CN(Cc1ccccc1F)C(=O)c1ccc(CN)cn1. The van der Waals surface area contributed by atoms with Crippen LogP contribution in [0.4, 0.5) is 4.39 Å². The smallest absolute Gasteiger partial charge is 0.272 e. The number of halogens is 1. The van der Waals surface area contributed by atoms with Crippen LogP contribution in [0, 0.1) is 5.82 Å². The number of rotatable bonds is 4. The Balaban J connectivity index is 2.10. The number of nitrogens with zero attached hydrogens (tertiary/aromatic N) is 2. The first-order chi connectivity index (χ1) is 9.61. The van der Waals surface area contributed by atoms with Crippen molar-refractivity contribution >= 4 is 5.91 Å². The van der Waals surface area contributed by atoms with Gasteiger partial charge in [-0.05, 0) is 17.7 Å². The van der Waals surface area contributed by atoms with Gasteiger partial charge in [0.15, 0.2) is 0 Å². The zero-order valence-electron chi connectivity index (χ0n) is 11.2. The maximum atomic E-state index is 13.5. The predicted octanol–water partition coefficient (Wildman–Crippen LogP) is 1.95. The molecule has 0 radical (unpaired) electrons. The first kappa shape index (κ1) is 14.1. The van der Waals surface area contributed by atoms with Crippen LogP contribution in [0.1, 0.15) is 21.6 Å². The molecule has 1 heterocycles. The molecule has 0 saturated heterocycles. The average molecular weight is 273 g/mol. The van der Waals surface area contributed by atoms with Gasteiger partial charge in [0, 0.05) is 31.9 Å². The van der Waals surface area contributed by atoms with Crippen molar-refractivity contribution in [2.45, 2.75) is 13.1 Å². The lowest BCUT2D eigenvalue weighted by atomic mass is 10.2. The van der Waals surface area contributed by atoms with E-state index in [-0.39, 0.29) is 18.3 Å². The highest BCUT2D eigenvalue weighted by atomic mass is 19.1. The number of pyridine rings is 1. The zero-order valence-corrected chi connectivity index (χ0v) is 11.2. The molecule has 0 fully saturated rings. The first-order valence-corrected chi connectivity index (χ1v) is 6.25. The van der Waals surface area contributed by atoms with E-state index in [9.17, 15) is 9.18 Å². The van der Waals surface area contributed by atoms with Crippen molar-refractivity contribution in [3.8, 4) is 0 Å². The molecule has 104 valence electrons. The summed E-state index contributed by atoms with van der Waals surface area (Å²) < 4.78 is 13.5. The molecule has 0 spiro atoms. The van der Waals surface area contributed by atoms with Crippen LogP contribution in [0.5, 0.6) is 0 Å². The highest BCUT2D eigenvalue weighted by Gasteiger charge is 2.14. The van der Waals surface area contributed by atoms with Crippen LogP contribution < -0.4 is 5.73 Å². The second-order valence-electron chi connectivity index (χ2n) is 4.51. The van der Waals surface area contributed by atoms with Gasteiger partial charge in [-0.25, -0.2) is 4.39 Å². The predicted molar refractivity (Wildman–Crippen MR) is 74.3 cm³/mol. The van der Waals surface area contributed by atoms with Crippen LogP contribution in [0.15, 0.2) is 42.6 Å². The summed E-state index contributed by atoms with van der Waals surface area (Å²) in [7, 11) is 1.62. The van der Waals surface area contributed by atoms with Gasteiger partial charge in [0.2, 0.25) is 0 Å². The number of nitrogens with two attached hydrogens (primary N) is 1. The fourth-order valence-electron chi connectivity index (χ4n) is 1.82. The summed E-state index contributed by atoms with van der Waals surface area (Å²) in [5, 5.41) is 0. The van der Waals surface area contributed by atoms with Gasteiger partial charge in [-0.15, -0.1) is 0 Å². The quantitative estimate of drug-likeness (QED) is 0.926. The Morgan fingerprint density at radius 3 is 2.65 bits per heavy atom. The van der Waals surface area contributed by atoms with Gasteiger partial charge >= 0.3 is 0 Å². The van der Waals surface area contributed by atoms with Crippen LogP contribution >= 0.6 is 0 Å². The fourth-order valence-corrected chi connectivity index (χ4v) is 1.82. The largest absolute Gasteiger partial charge is 0.336 e. The van der Waals surface area contributed by atoms with E-state index < -0.39 is 0 Å². The number of benzene rings is 1. The standard InChI is InChI=1S/C15H16FN3O/c1-19(10-12-4-2-3-5-13(12)16)15(20)14-7-6-11(8-17)9-18-14/h2-7,9H,8,10,17H2,1H3. The lowest BCUT2D eigenvalue weighted by Gasteiger charge is -2.17. The van der Waals surface area contributed by atoms with Crippen molar-refractivity contribution < 1.29 is 9.18 Å². The molecule has 0 aliphatic rings. The van der Waals surface area contributed by atoms with Crippen molar-refractivity contribution in [3.63, 3.8) is 0 Å². The summed E-state index contributed by atoms with van der Waals surface area (Å²) in [5.41, 5.74) is 7.13. The molecule has 0 aliphatic heterocycles. The summed E-state index contributed by atoms with van der Waals surface area (Å²) in [6, 6.07) is 9.78. The van der Waals surface area contributed by atoms with Crippen LogP contribution in [0.2, 0.25) is 0 Å². The third-order valence-electron chi connectivity index (χ3n) is 2.99. The van der Waals surface area contributed by atoms with Gasteiger partial charge in [0.1, 0.15) is 11.5 Å². The fraction of sp³-hybridized carbons (Fsp3) is 0.200. The molecule has 1 amide bonds. The van der Waals surface area contributed by atoms with Crippen LogP contribution in [0.25, 0.3) is 0 Å². The van der Waals surface area contributed by atoms with Gasteiger partial charge in [-0.3, -0.25) is 9.78 Å². The van der Waals surface area contributed by atoms with Crippen molar-refractivity contribution in [1.82, 2.24) is 9.88 Å². The van der Waals surface area contributed by atoms with Crippen LogP contribution in [0.3, 0.4) is 0 Å². The van der Waals surface area contributed by atoms with Crippen molar-refractivity contribution in [1.29, 1.82) is 0 Å². The number of carbonyl (C=O) groups excluding carboxylic acids is 1. The summed E-state index contributed by atoms with van der Waals surface area (Å²) in [4.78, 5) is 17.7. The Bertz CT molecular complexity index is 598. The lowest BCUT2D eigenvalue weighted by Crippen LogP contribution is -2.27. The Hall–Kier alpha value is -2.27. The number of amides is 1. The topological polar surface area (TPSA) is 59.2 Å². The summed E-state index contributed by atoms with van der Waals surface area (Å²) in [5.74, 6) is -0.574. The normalized spacial score (nSPS) is 10.3. The number of carbonyl (C=O) groups is 1. The van der Waals surface area contributed by atoms with Crippen LogP contribution in [-0.2, 0) is 13.1 Å². The highest BCUT2D eigenvalue weighted by molar-refractivity contribution is 5.92. The molecule has 1 aromatic heterocycles. The summed E-state index contributed by atoms with van der Waals surface area (Å²) >= 11 is 0. The van der Waals surface area contributed by atoms with Gasteiger partial charge in [-0.1, -0.05) is 24.3 Å². The van der Waals surface area contributed by atoms with Gasteiger partial charge in [-0.2, -0.15) is 0 Å². The maximum absolute atomic E-state index is 13.5. The Kier molecular flexibility index (Phi) is 4.42. The lowest BCUT2D eigenvalue weighted by molar-refractivity contribution is 0.0778. The Labute approximate surface area is 117 Å². The second-order valence-corrected chi connectivity index (χ2v) is 4.51.